The summed E-state index contributed by atoms with van der Waals surface area (Å²) in [4.78, 5) is 6.67. The molecule has 1 aliphatic carbocycles. The summed E-state index contributed by atoms with van der Waals surface area (Å²) in [5, 5.41) is 0. The van der Waals surface area contributed by atoms with Crippen LogP contribution < -0.4 is 5.73 Å². The maximum absolute atomic E-state index is 5.69. The summed E-state index contributed by atoms with van der Waals surface area (Å²) >= 11 is 0. The van der Waals surface area contributed by atoms with E-state index in [0.717, 1.165) is 30.8 Å². The molecule has 2 heterocycles. The van der Waals surface area contributed by atoms with Crippen LogP contribution >= 0.6 is 37.2 Å². The number of pyridine rings is 1. The molecule has 2 aliphatic rings. The zero-order valence-electron chi connectivity index (χ0n) is 10.1. The molecule has 0 spiro atoms. The Morgan fingerprint density at radius 1 is 1.22 bits per heavy atom. The highest BCUT2D eigenvalue weighted by Crippen LogP contribution is 2.51. The Balaban J connectivity index is 0.000000963. The third-order valence-electron chi connectivity index (χ3n) is 3.85. The van der Waals surface area contributed by atoms with Crippen LogP contribution in [0.3, 0.4) is 0 Å². The smallest absolute Gasteiger partial charge is 0.0312 e. The van der Waals surface area contributed by atoms with Gasteiger partial charge in [-0.3, -0.25) is 9.88 Å². The van der Waals surface area contributed by atoms with Gasteiger partial charge in [0.25, 0.3) is 0 Å². The second-order valence-corrected chi connectivity index (χ2v) is 4.78. The molecule has 1 unspecified atom stereocenters. The van der Waals surface area contributed by atoms with Crippen LogP contribution in [0.2, 0.25) is 0 Å². The lowest BCUT2D eigenvalue weighted by Crippen LogP contribution is -2.25. The molecule has 3 atom stereocenters. The third-order valence-corrected chi connectivity index (χ3v) is 3.85. The molecule has 2 N–H and O–H groups in total. The molecular formula is C12H20Cl3N3. The third kappa shape index (κ3) is 3.49. The van der Waals surface area contributed by atoms with Gasteiger partial charge in [-0.25, -0.2) is 0 Å². The van der Waals surface area contributed by atoms with Crippen molar-refractivity contribution in [2.24, 2.45) is 23.5 Å². The van der Waals surface area contributed by atoms with Gasteiger partial charge in [0.1, 0.15) is 0 Å². The quantitative estimate of drug-likeness (QED) is 0.928. The molecule has 0 radical (unpaired) electrons. The normalized spacial score (nSPS) is 28.4. The van der Waals surface area contributed by atoms with Crippen molar-refractivity contribution in [2.75, 3.05) is 19.6 Å². The van der Waals surface area contributed by atoms with Crippen molar-refractivity contribution in [1.29, 1.82) is 0 Å². The van der Waals surface area contributed by atoms with E-state index in [1.54, 1.807) is 0 Å². The fraction of sp³-hybridized carbons (Fsp3) is 0.583. The molecular weight excluding hydrogens is 293 g/mol. The van der Waals surface area contributed by atoms with E-state index in [-0.39, 0.29) is 37.2 Å². The van der Waals surface area contributed by atoms with Gasteiger partial charge in [0, 0.05) is 32.0 Å². The van der Waals surface area contributed by atoms with Crippen molar-refractivity contribution >= 4 is 37.2 Å². The van der Waals surface area contributed by atoms with Gasteiger partial charge in [0.15, 0.2) is 0 Å². The number of hydrogen-bond donors (Lipinski definition) is 1. The standard InChI is InChI=1S/C12H17N3.3ClH/c13-4-10-11-7-15(8-12(10)11)6-9-2-1-3-14-5-9;;;/h1-3,5,10-12H,4,6-8,13H2;3*1H/t10?,11-,12+;;;. The van der Waals surface area contributed by atoms with E-state index >= 15 is 0 Å². The number of halogens is 3. The first-order chi connectivity index (χ1) is 7.38. The number of nitrogens with zero attached hydrogens (tertiary/aromatic N) is 2. The lowest BCUT2D eigenvalue weighted by atomic mass is 10.2. The summed E-state index contributed by atoms with van der Waals surface area (Å²) in [6.07, 6.45) is 3.79. The van der Waals surface area contributed by atoms with E-state index in [2.05, 4.69) is 16.0 Å². The summed E-state index contributed by atoms with van der Waals surface area (Å²) in [7, 11) is 0. The second-order valence-electron chi connectivity index (χ2n) is 4.78. The Kier molecular flexibility index (Phi) is 7.48. The fourth-order valence-electron chi connectivity index (χ4n) is 2.97. The fourth-order valence-corrected chi connectivity index (χ4v) is 2.97. The number of hydrogen-bond acceptors (Lipinski definition) is 3. The summed E-state index contributed by atoms with van der Waals surface area (Å²) in [6.45, 7) is 4.41. The number of nitrogens with two attached hydrogens (primary N) is 1. The predicted octanol–water partition coefficient (Wildman–Crippen LogP) is 1.98. The van der Waals surface area contributed by atoms with Crippen LogP contribution in [0.5, 0.6) is 0 Å². The van der Waals surface area contributed by atoms with E-state index in [9.17, 15) is 0 Å². The summed E-state index contributed by atoms with van der Waals surface area (Å²) < 4.78 is 0. The molecule has 1 aromatic heterocycles. The molecule has 1 aliphatic heterocycles. The van der Waals surface area contributed by atoms with Crippen LogP contribution in [0.1, 0.15) is 5.56 Å². The van der Waals surface area contributed by atoms with Gasteiger partial charge in [-0.2, -0.15) is 0 Å². The van der Waals surface area contributed by atoms with Crippen LogP contribution in [-0.2, 0) is 6.54 Å². The van der Waals surface area contributed by atoms with Crippen LogP contribution in [0, 0.1) is 17.8 Å². The lowest BCUT2D eigenvalue weighted by Gasteiger charge is -2.18. The molecule has 1 aromatic rings. The van der Waals surface area contributed by atoms with Gasteiger partial charge in [-0.05, 0) is 35.9 Å². The zero-order chi connectivity index (χ0) is 10.3. The molecule has 0 amide bonds. The van der Waals surface area contributed by atoms with Crippen LogP contribution in [-0.4, -0.2) is 29.5 Å². The van der Waals surface area contributed by atoms with E-state index in [0.29, 0.717) is 0 Å². The average Bonchev–Trinajstić information content (AvgIpc) is 2.75. The monoisotopic (exact) mass is 311 g/mol. The highest BCUT2D eigenvalue weighted by Gasteiger charge is 2.54. The Hall–Kier alpha value is -0.0600. The SMILES string of the molecule is Cl.Cl.Cl.NCC1[C@H]2CN(Cc3cccnc3)C[C@@H]12. The molecule has 6 heteroatoms. The van der Waals surface area contributed by atoms with E-state index in [1.165, 1.54) is 18.7 Å². The average molecular weight is 313 g/mol. The topological polar surface area (TPSA) is 42.1 Å². The van der Waals surface area contributed by atoms with Crippen LogP contribution in [0.25, 0.3) is 0 Å². The molecule has 3 nitrogen and oxygen atoms in total. The van der Waals surface area contributed by atoms with Gasteiger partial charge in [0.2, 0.25) is 0 Å². The molecule has 2 fully saturated rings. The Morgan fingerprint density at radius 3 is 2.39 bits per heavy atom. The minimum atomic E-state index is 0. The van der Waals surface area contributed by atoms with Gasteiger partial charge >= 0.3 is 0 Å². The van der Waals surface area contributed by atoms with Crippen LogP contribution in [0.4, 0.5) is 0 Å². The first kappa shape index (κ1) is 17.9. The number of piperidine rings is 1. The maximum atomic E-state index is 5.69. The Morgan fingerprint density at radius 2 is 1.89 bits per heavy atom. The van der Waals surface area contributed by atoms with Gasteiger partial charge < -0.3 is 5.73 Å². The van der Waals surface area contributed by atoms with Gasteiger partial charge in [0.05, 0.1) is 0 Å². The summed E-state index contributed by atoms with van der Waals surface area (Å²) in [5.41, 5.74) is 7.02. The van der Waals surface area contributed by atoms with Crippen molar-refractivity contribution in [1.82, 2.24) is 9.88 Å². The lowest BCUT2D eigenvalue weighted by molar-refractivity contribution is 0.278. The predicted molar refractivity (Wildman–Crippen MR) is 80.8 cm³/mol. The van der Waals surface area contributed by atoms with E-state index in [4.69, 9.17) is 5.73 Å². The van der Waals surface area contributed by atoms with Gasteiger partial charge in [-0.1, -0.05) is 6.07 Å². The molecule has 3 rings (SSSR count). The maximum Gasteiger partial charge on any atom is 0.0312 e. The number of likely N-dealkylation sites (tertiary alicyclic amines) is 1. The van der Waals surface area contributed by atoms with Crippen molar-refractivity contribution in [2.45, 2.75) is 6.54 Å². The highest BCUT2D eigenvalue weighted by atomic mass is 35.5. The number of rotatable bonds is 3. The number of aromatic nitrogens is 1. The Labute approximate surface area is 127 Å². The van der Waals surface area contributed by atoms with Crippen LogP contribution in [0.15, 0.2) is 24.5 Å². The zero-order valence-corrected chi connectivity index (χ0v) is 12.5. The summed E-state index contributed by atoms with van der Waals surface area (Å²) in [6, 6.07) is 4.16. The van der Waals surface area contributed by atoms with Gasteiger partial charge in [-0.15, -0.1) is 37.2 Å². The molecule has 1 saturated heterocycles. The minimum absolute atomic E-state index is 0. The largest absolute Gasteiger partial charge is 0.330 e. The molecule has 18 heavy (non-hydrogen) atoms. The first-order valence-corrected chi connectivity index (χ1v) is 5.70. The summed E-state index contributed by atoms with van der Waals surface area (Å²) in [5.74, 6) is 2.62. The minimum Gasteiger partial charge on any atom is -0.330 e. The van der Waals surface area contributed by atoms with Crippen molar-refractivity contribution in [3.05, 3.63) is 30.1 Å². The Bertz CT molecular complexity index is 338. The first-order valence-electron chi connectivity index (χ1n) is 5.70. The second kappa shape index (κ2) is 7.51. The highest BCUT2D eigenvalue weighted by molar-refractivity contribution is 5.86. The molecule has 1 saturated carbocycles. The molecule has 0 aromatic carbocycles. The molecule has 104 valence electrons. The van der Waals surface area contributed by atoms with E-state index < -0.39 is 0 Å². The van der Waals surface area contributed by atoms with Crippen molar-refractivity contribution < 1.29 is 0 Å². The number of fused-ring (bicyclic) bond motifs is 1. The van der Waals surface area contributed by atoms with Crippen molar-refractivity contribution in [3.8, 4) is 0 Å². The van der Waals surface area contributed by atoms with Crippen molar-refractivity contribution in [3.63, 3.8) is 0 Å². The van der Waals surface area contributed by atoms with E-state index in [1.807, 2.05) is 18.5 Å². The molecule has 0 bridgehead atoms.